The van der Waals surface area contributed by atoms with Crippen LogP contribution in [0.15, 0.2) is 24.3 Å². The summed E-state index contributed by atoms with van der Waals surface area (Å²) in [7, 11) is 1.68. The number of methoxy groups -OCH3 is 1. The zero-order valence-corrected chi connectivity index (χ0v) is 15.8. The largest absolute Gasteiger partial charge is 0.383 e. The Morgan fingerprint density at radius 2 is 2.00 bits per heavy atom. The summed E-state index contributed by atoms with van der Waals surface area (Å²) < 4.78 is 4.98. The molecule has 0 unspecified atom stereocenters. The Balaban J connectivity index is 0.00000288. The van der Waals surface area contributed by atoms with Gasteiger partial charge in [-0.05, 0) is 37.0 Å². The molecule has 1 fully saturated rings. The van der Waals surface area contributed by atoms with Gasteiger partial charge in [-0.3, -0.25) is 4.79 Å². The zero-order chi connectivity index (χ0) is 16.5. The third-order valence-corrected chi connectivity index (χ3v) is 4.78. The van der Waals surface area contributed by atoms with E-state index < -0.39 is 0 Å². The highest BCUT2D eigenvalue weighted by Crippen LogP contribution is 2.41. The van der Waals surface area contributed by atoms with Crippen molar-refractivity contribution in [2.24, 2.45) is 5.41 Å². The van der Waals surface area contributed by atoms with Crippen LogP contribution in [-0.4, -0.2) is 39.3 Å². The molecule has 0 bridgehead atoms. The lowest BCUT2D eigenvalue weighted by atomic mass is 9.79. The summed E-state index contributed by atoms with van der Waals surface area (Å²) in [6.45, 7) is 2.91. The molecule has 6 heteroatoms. The van der Waals surface area contributed by atoms with Crippen molar-refractivity contribution in [1.82, 2.24) is 10.6 Å². The van der Waals surface area contributed by atoms with Crippen molar-refractivity contribution < 1.29 is 9.53 Å². The maximum absolute atomic E-state index is 12.7. The van der Waals surface area contributed by atoms with Crippen molar-refractivity contribution in [3.63, 3.8) is 0 Å². The molecule has 0 aromatic heterocycles. The lowest BCUT2D eigenvalue weighted by Gasteiger charge is -2.28. The topological polar surface area (TPSA) is 50.4 Å². The summed E-state index contributed by atoms with van der Waals surface area (Å²) in [6.07, 6.45) is 4.95. The first-order valence-electron chi connectivity index (χ1n) is 8.39. The van der Waals surface area contributed by atoms with Crippen LogP contribution >= 0.6 is 24.0 Å². The molecule has 0 radical (unpaired) electrons. The lowest BCUT2D eigenvalue weighted by molar-refractivity contribution is -0.130. The molecule has 136 valence electrons. The maximum atomic E-state index is 12.7. The maximum Gasteiger partial charge on any atom is 0.226 e. The fourth-order valence-electron chi connectivity index (χ4n) is 3.32. The monoisotopic (exact) mass is 374 g/mol. The molecule has 1 aromatic rings. The highest BCUT2D eigenvalue weighted by Gasteiger charge is 2.40. The molecule has 1 aromatic carbocycles. The van der Waals surface area contributed by atoms with E-state index >= 15 is 0 Å². The summed E-state index contributed by atoms with van der Waals surface area (Å²) in [4.78, 5) is 12.7. The van der Waals surface area contributed by atoms with Crippen molar-refractivity contribution in [1.29, 1.82) is 0 Å². The second-order valence-corrected chi connectivity index (χ2v) is 6.73. The van der Waals surface area contributed by atoms with Crippen molar-refractivity contribution in [3.8, 4) is 0 Å². The Morgan fingerprint density at radius 1 is 1.25 bits per heavy atom. The van der Waals surface area contributed by atoms with Gasteiger partial charge in [0.1, 0.15) is 0 Å². The summed E-state index contributed by atoms with van der Waals surface area (Å²) in [6, 6.07) is 7.86. The van der Waals surface area contributed by atoms with Gasteiger partial charge in [-0.1, -0.05) is 36.6 Å². The van der Waals surface area contributed by atoms with Crippen LogP contribution in [0.4, 0.5) is 0 Å². The van der Waals surface area contributed by atoms with Crippen molar-refractivity contribution in [2.45, 2.75) is 32.1 Å². The number of benzene rings is 1. The van der Waals surface area contributed by atoms with Gasteiger partial charge in [-0.2, -0.15) is 0 Å². The van der Waals surface area contributed by atoms with E-state index in [4.69, 9.17) is 16.3 Å². The molecule has 0 spiro atoms. The molecular formula is C18H28Cl2N2O2. The number of amides is 1. The van der Waals surface area contributed by atoms with Crippen molar-refractivity contribution in [2.75, 3.05) is 33.4 Å². The van der Waals surface area contributed by atoms with Gasteiger partial charge in [0.15, 0.2) is 0 Å². The molecule has 0 saturated heterocycles. The molecule has 1 aliphatic rings. The third kappa shape index (κ3) is 6.25. The standard InChI is InChI=1S/C18H27ClN2O2.ClH/c1-23-12-11-20-9-10-21-17(22)18(7-2-3-8-18)14-15-5-4-6-16(19)13-15;/h4-6,13,20H,2-3,7-12,14H2,1H3,(H,21,22);1H. The van der Waals surface area contributed by atoms with Crippen LogP contribution in [0.3, 0.4) is 0 Å². The van der Waals surface area contributed by atoms with Gasteiger partial charge in [-0.15, -0.1) is 12.4 Å². The molecule has 1 aliphatic carbocycles. The van der Waals surface area contributed by atoms with Crippen molar-refractivity contribution >= 4 is 29.9 Å². The summed E-state index contributed by atoms with van der Waals surface area (Å²) in [5.74, 6) is 0.184. The summed E-state index contributed by atoms with van der Waals surface area (Å²) in [5, 5.41) is 7.08. The van der Waals surface area contributed by atoms with E-state index in [-0.39, 0.29) is 23.7 Å². The molecule has 0 heterocycles. The molecule has 0 aliphatic heterocycles. The minimum absolute atomic E-state index is 0. The Kier molecular flexibility index (Phi) is 9.67. The van der Waals surface area contributed by atoms with E-state index in [1.807, 2.05) is 18.2 Å². The van der Waals surface area contributed by atoms with Crippen LogP contribution < -0.4 is 10.6 Å². The Bertz CT molecular complexity index is 506. The van der Waals surface area contributed by atoms with E-state index in [9.17, 15) is 4.79 Å². The summed E-state index contributed by atoms with van der Waals surface area (Å²) >= 11 is 6.08. The highest BCUT2D eigenvalue weighted by molar-refractivity contribution is 6.30. The Morgan fingerprint density at radius 3 is 2.67 bits per heavy atom. The smallest absolute Gasteiger partial charge is 0.226 e. The Labute approximate surface area is 156 Å². The molecular weight excluding hydrogens is 347 g/mol. The average Bonchev–Trinajstić information content (AvgIpc) is 3.00. The number of ether oxygens (including phenoxy) is 1. The van der Waals surface area contributed by atoms with Crippen LogP contribution in [-0.2, 0) is 16.0 Å². The summed E-state index contributed by atoms with van der Waals surface area (Å²) in [5.41, 5.74) is 0.879. The number of carbonyl (C=O) groups is 1. The third-order valence-electron chi connectivity index (χ3n) is 4.54. The number of nitrogens with one attached hydrogen (secondary N) is 2. The molecule has 0 atom stereocenters. The van der Waals surface area contributed by atoms with Crippen LogP contribution in [0.1, 0.15) is 31.2 Å². The number of halogens is 2. The predicted molar refractivity (Wildman–Crippen MR) is 101 cm³/mol. The number of hydrogen-bond acceptors (Lipinski definition) is 3. The molecule has 2 rings (SSSR count). The fourth-order valence-corrected chi connectivity index (χ4v) is 3.54. The first-order chi connectivity index (χ1) is 11.2. The number of rotatable bonds is 9. The molecule has 24 heavy (non-hydrogen) atoms. The number of hydrogen-bond donors (Lipinski definition) is 2. The SMILES string of the molecule is COCCNCCNC(=O)C1(Cc2cccc(Cl)c2)CCCC1.Cl. The van der Waals surface area contributed by atoms with E-state index in [1.165, 1.54) is 0 Å². The second kappa shape index (κ2) is 10.9. The van der Waals surface area contributed by atoms with Crippen molar-refractivity contribution in [3.05, 3.63) is 34.9 Å². The first-order valence-corrected chi connectivity index (χ1v) is 8.76. The quantitative estimate of drug-likeness (QED) is 0.652. The van der Waals surface area contributed by atoms with Gasteiger partial charge in [0, 0.05) is 31.8 Å². The van der Waals surface area contributed by atoms with Gasteiger partial charge < -0.3 is 15.4 Å². The van der Waals surface area contributed by atoms with Gasteiger partial charge in [-0.25, -0.2) is 0 Å². The predicted octanol–water partition coefficient (Wildman–Crippen LogP) is 3.22. The zero-order valence-electron chi connectivity index (χ0n) is 14.3. The minimum atomic E-state index is -0.267. The van der Waals surface area contributed by atoms with E-state index in [2.05, 4.69) is 16.7 Å². The van der Waals surface area contributed by atoms with Crippen LogP contribution in [0, 0.1) is 5.41 Å². The molecule has 1 amide bonds. The Hall–Kier alpha value is -0.810. The van der Waals surface area contributed by atoms with Gasteiger partial charge in [0.2, 0.25) is 5.91 Å². The molecule has 2 N–H and O–H groups in total. The van der Waals surface area contributed by atoms with Gasteiger partial charge in [0.25, 0.3) is 0 Å². The lowest BCUT2D eigenvalue weighted by Crippen LogP contribution is -2.43. The normalized spacial score (nSPS) is 15.8. The average molecular weight is 375 g/mol. The highest BCUT2D eigenvalue weighted by atomic mass is 35.5. The number of carbonyl (C=O) groups excluding carboxylic acids is 1. The van der Waals surface area contributed by atoms with E-state index in [0.717, 1.165) is 55.8 Å². The molecule has 1 saturated carbocycles. The van der Waals surface area contributed by atoms with E-state index in [0.29, 0.717) is 13.2 Å². The van der Waals surface area contributed by atoms with Crippen LogP contribution in [0.5, 0.6) is 0 Å². The minimum Gasteiger partial charge on any atom is -0.383 e. The van der Waals surface area contributed by atoms with Crippen LogP contribution in [0.2, 0.25) is 5.02 Å². The van der Waals surface area contributed by atoms with Gasteiger partial charge in [0.05, 0.1) is 12.0 Å². The fraction of sp³-hybridized carbons (Fsp3) is 0.611. The molecule has 4 nitrogen and oxygen atoms in total. The van der Waals surface area contributed by atoms with Gasteiger partial charge >= 0.3 is 0 Å². The van der Waals surface area contributed by atoms with E-state index in [1.54, 1.807) is 7.11 Å². The second-order valence-electron chi connectivity index (χ2n) is 6.29. The van der Waals surface area contributed by atoms with Crippen LogP contribution in [0.25, 0.3) is 0 Å². The first kappa shape index (κ1) is 21.2.